The van der Waals surface area contributed by atoms with Gasteiger partial charge in [-0.15, -0.1) is 0 Å². The third-order valence-corrected chi connectivity index (χ3v) is 4.26. The van der Waals surface area contributed by atoms with Crippen LogP contribution in [0.25, 0.3) is 22.4 Å². The van der Waals surface area contributed by atoms with Crippen molar-refractivity contribution in [1.82, 2.24) is 19.7 Å². The number of para-hydroxylation sites is 1. The van der Waals surface area contributed by atoms with E-state index >= 15 is 0 Å². The van der Waals surface area contributed by atoms with Gasteiger partial charge in [-0.3, -0.25) is 0 Å². The molecule has 0 radical (unpaired) electrons. The molecule has 1 atom stereocenters. The minimum atomic E-state index is 0.417. The van der Waals surface area contributed by atoms with Crippen molar-refractivity contribution in [2.24, 2.45) is 0 Å². The van der Waals surface area contributed by atoms with Crippen LogP contribution in [0.1, 0.15) is 13.0 Å². The normalized spacial score (nSPS) is 19.0. The number of hydrogen-bond donors (Lipinski definition) is 0. The van der Waals surface area contributed by atoms with Gasteiger partial charge in [0.15, 0.2) is 11.0 Å². The molecule has 17 heavy (non-hydrogen) atoms. The first-order valence-electron chi connectivity index (χ1n) is 5.61. The van der Waals surface area contributed by atoms with Gasteiger partial charge in [0.1, 0.15) is 5.69 Å². The van der Waals surface area contributed by atoms with Crippen LogP contribution in [-0.2, 0) is 0 Å². The molecule has 1 unspecified atom stereocenters. The SMILES string of the molecule is CC1CSc2nc3nc4ccccc4c-3nn21. The molecule has 0 aliphatic carbocycles. The van der Waals surface area contributed by atoms with E-state index in [9.17, 15) is 0 Å². The number of benzene rings is 1. The third-order valence-electron chi connectivity index (χ3n) is 3.07. The molecule has 0 fully saturated rings. The summed E-state index contributed by atoms with van der Waals surface area (Å²) in [5.41, 5.74) is 1.89. The van der Waals surface area contributed by atoms with Gasteiger partial charge < -0.3 is 0 Å². The van der Waals surface area contributed by atoms with Crippen LogP contribution < -0.4 is 0 Å². The van der Waals surface area contributed by atoms with E-state index in [2.05, 4.69) is 23.0 Å². The van der Waals surface area contributed by atoms with E-state index in [1.54, 1.807) is 11.8 Å². The molecule has 0 bridgehead atoms. The second-order valence-electron chi connectivity index (χ2n) is 4.30. The Morgan fingerprint density at radius 2 is 2.18 bits per heavy atom. The number of aromatic nitrogens is 4. The highest BCUT2D eigenvalue weighted by molar-refractivity contribution is 7.99. The highest BCUT2D eigenvalue weighted by Crippen LogP contribution is 2.35. The van der Waals surface area contributed by atoms with Crippen LogP contribution in [0.3, 0.4) is 0 Å². The second kappa shape index (κ2) is 3.20. The Hall–Kier alpha value is -1.62. The number of nitrogens with zero attached hydrogens (tertiary/aromatic N) is 4. The van der Waals surface area contributed by atoms with Crippen LogP contribution in [-0.4, -0.2) is 25.5 Å². The lowest BCUT2D eigenvalue weighted by molar-refractivity contribution is 0.485. The quantitative estimate of drug-likeness (QED) is 0.607. The Labute approximate surface area is 102 Å². The topological polar surface area (TPSA) is 43.6 Å². The van der Waals surface area contributed by atoms with Crippen molar-refractivity contribution in [3.8, 4) is 11.5 Å². The molecule has 0 N–H and O–H groups in total. The van der Waals surface area contributed by atoms with E-state index in [1.807, 2.05) is 22.9 Å². The lowest BCUT2D eigenvalue weighted by Gasteiger charge is -2.08. The fourth-order valence-electron chi connectivity index (χ4n) is 2.18. The zero-order chi connectivity index (χ0) is 11.4. The summed E-state index contributed by atoms with van der Waals surface area (Å²) in [4.78, 5) is 9.11. The van der Waals surface area contributed by atoms with E-state index in [-0.39, 0.29) is 0 Å². The minimum Gasteiger partial charge on any atom is -0.238 e. The first-order valence-corrected chi connectivity index (χ1v) is 6.59. The van der Waals surface area contributed by atoms with Crippen molar-refractivity contribution in [3.05, 3.63) is 24.3 Å². The summed E-state index contributed by atoms with van der Waals surface area (Å²) in [5.74, 6) is 1.81. The summed E-state index contributed by atoms with van der Waals surface area (Å²) < 4.78 is 2.02. The molecule has 3 heterocycles. The molecule has 4 rings (SSSR count). The van der Waals surface area contributed by atoms with Crippen LogP contribution in [0.15, 0.2) is 29.4 Å². The predicted octanol–water partition coefficient (Wildman–Crippen LogP) is 2.60. The maximum atomic E-state index is 4.70. The molecule has 0 saturated heterocycles. The molecule has 0 saturated carbocycles. The average molecular weight is 242 g/mol. The van der Waals surface area contributed by atoms with E-state index in [4.69, 9.17) is 5.10 Å². The Balaban J connectivity index is 2.12. The molecule has 4 nitrogen and oxygen atoms in total. The van der Waals surface area contributed by atoms with Gasteiger partial charge in [0.2, 0.25) is 0 Å². The van der Waals surface area contributed by atoms with Crippen LogP contribution in [0, 0.1) is 0 Å². The summed E-state index contributed by atoms with van der Waals surface area (Å²) in [6.45, 7) is 2.17. The summed E-state index contributed by atoms with van der Waals surface area (Å²) >= 11 is 1.75. The maximum absolute atomic E-state index is 4.70. The molecule has 0 amide bonds. The van der Waals surface area contributed by atoms with Crippen LogP contribution in [0.5, 0.6) is 0 Å². The summed E-state index contributed by atoms with van der Waals surface area (Å²) in [6.07, 6.45) is 0. The lowest BCUT2D eigenvalue weighted by Crippen LogP contribution is -2.10. The number of hydrogen-bond acceptors (Lipinski definition) is 4. The molecular formula is C12H10N4S. The van der Waals surface area contributed by atoms with E-state index in [0.29, 0.717) is 6.04 Å². The van der Waals surface area contributed by atoms with Crippen LogP contribution in [0.2, 0.25) is 0 Å². The fourth-order valence-corrected chi connectivity index (χ4v) is 3.21. The number of rotatable bonds is 0. The Bertz CT molecular complexity index is 690. The fraction of sp³-hybridized carbons (Fsp3) is 0.250. The van der Waals surface area contributed by atoms with Gasteiger partial charge in [0.25, 0.3) is 0 Å². The van der Waals surface area contributed by atoms with Gasteiger partial charge >= 0.3 is 0 Å². The highest BCUT2D eigenvalue weighted by atomic mass is 32.2. The Morgan fingerprint density at radius 3 is 3.12 bits per heavy atom. The molecular weight excluding hydrogens is 232 g/mol. The van der Waals surface area contributed by atoms with E-state index < -0.39 is 0 Å². The molecule has 3 aliphatic heterocycles. The van der Waals surface area contributed by atoms with Gasteiger partial charge in [-0.2, -0.15) is 5.10 Å². The molecule has 3 aliphatic rings. The first-order chi connectivity index (χ1) is 8.33. The van der Waals surface area contributed by atoms with Crippen molar-refractivity contribution < 1.29 is 0 Å². The summed E-state index contributed by atoms with van der Waals surface area (Å²) in [6, 6.07) is 8.48. The molecule has 0 aromatic heterocycles. The minimum absolute atomic E-state index is 0.417. The zero-order valence-electron chi connectivity index (χ0n) is 9.29. The largest absolute Gasteiger partial charge is 0.238 e. The highest BCUT2D eigenvalue weighted by Gasteiger charge is 2.25. The van der Waals surface area contributed by atoms with Crippen molar-refractivity contribution in [1.29, 1.82) is 0 Å². The predicted molar refractivity (Wildman–Crippen MR) is 67.4 cm³/mol. The molecule has 1 aromatic carbocycles. The van der Waals surface area contributed by atoms with Gasteiger partial charge in [0.05, 0.1) is 11.6 Å². The van der Waals surface area contributed by atoms with Crippen molar-refractivity contribution >= 4 is 22.7 Å². The summed E-state index contributed by atoms with van der Waals surface area (Å²) in [7, 11) is 0. The monoisotopic (exact) mass is 242 g/mol. The molecule has 84 valence electrons. The van der Waals surface area contributed by atoms with Gasteiger partial charge in [-0.25, -0.2) is 14.6 Å². The van der Waals surface area contributed by atoms with Crippen molar-refractivity contribution in [2.45, 2.75) is 18.1 Å². The molecule has 0 spiro atoms. The number of fused-ring (bicyclic) bond motifs is 4. The molecule has 5 heteroatoms. The molecule has 1 aromatic rings. The lowest BCUT2D eigenvalue weighted by atomic mass is 10.2. The number of thioether (sulfide) groups is 1. The van der Waals surface area contributed by atoms with Gasteiger partial charge in [-0.05, 0) is 13.0 Å². The standard InChI is InChI=1S/C12H10N4S/c1-7-6-17-12-14-11-10(15-16(7)12)8-4-2-3-5-9(8)13-11/h2-5,7H,6H2,1H3. The van der Waals surface area contributed by atoms with Crippen LogP contribution >= 0.6 is 11.8 Å². The van der Waals surface area contributed by atoms with Crippen LogP contribution in [0.4, 0.5) is 0 Å². The average Bonchev–Trinajstić information content (AvgIpc) is 2.88. The third kappa shape index (κ3) is 1.23. The summed E-state index contributed by atoms with van der Waals surface area (Å²) in [5, 5.41) is 6.77. The van der Waals surface area contributed by atoms with Gasteiger partial charge in [-0.1, -0.05) is 30.0 Å². The maximum Gasteiger partial charge on any atom is 0.186 e. The van der Waals surface area contributed by atoms with Gasteiger partial charge in [0, 0.05) is 11.1 Å². The Morgan fingerprint density at radius 1 is 1.29 bits per heavy atom. The van der Waals surface area contributed by atoms with Crippen molar-refractivity contribution in [3.63, 3.8) is 0 Å². The first kappa shape index (κ1) is 9.41. The smallest absolute Gasteiger partial charge is 0.186 e. The zero-order valence-corrected chi connectivity index (χ0v) is 10.1. The Kier molecular flexibility index (Phi) is 1.77. The second-order valence-corrected chi connectivity index (χ2v) is 5.29. The van der Waals surface area contributed by atoms with E-state index in [1.165, 1.54) is 0 Å². The van der Waals surface area contributed by atoms with E-state index in [0.717, 1.165) is 33.3 Å². The van der Waals surface area contributed by atoms with Crippen molar-refractivity contribution in [2.75, 3.05) is 5.75 Å².